The van der Waals surface area contributed by atoms with Crippen LogP contribution in [0.2, 0.25) is 0 Å². The molecule has 0 saturated heterocycles. The van der Waals surface area contributed by atoms with Gasteiger partial charge in [-0.25, -0.2) is 4.79 Å². The zero-order chi connectivity index (χ0) is 17.4. The fourth-order valence-corrected chi connectivity index (χ4v) is 3.32. The highest BCUT2D eigenvalue weighted by Crippen LogP contribution is 2.29. The first kappa shape index (κ1) is 18.3. The van der Waals surface area contributed by atoms with Gasteiger partial charge in [-0.05, 0) is 37.8 Å². The molecule has 1 amide bonds. The third kappa shape index (κ3) is 4.49. The number of nitrogens with one attached hydrogen (secondary N) is 1. The first-order valence-corrected chi connectivity index (χ1v) is 8.71. The second-order valence-corrected chi connectivity index (χ2v) is 6.22. The van der Waals surface area contributed by atoms with Crippen molar-refractivity contribution >= 4 is 11.9 Å². The van der Waals surface area contributed by atoms with Crippen molar-refractivity contribution in [1.29, 1.82) is 0 Å². The Morgan fingerprint density at radius 1 is 1.17 bits per heavy atom. The van der Waals surface area contributed by atoms with E-state index < -0.39 is 5.54 Å². The lowest BCUT2D eigenvalue weighted by molar-refractivity contribution is -0.152. The smallest absolute Gasteiger partial charge is 0.331 e. The van der Waals surface area contributed by atoms with Crippen LogP contribution in [-0.4, -0.2) is 31.1 Å². The van der Waals surface area contributed by atoms with Gasteiger partial charge in [0.2, 0.25) is 5.91 Å². The molecule has 1 N–H and O–H groups in total. The second kappa shape index (κ2) is 8.71. The van der Waals surface area contributed by atoms with Gasteiger partial charge in [0.05, 0.1) is 13.7 Å². The number of methoxy groups -OCH3 is 1. The van der Waals surface area contributed by atoms with E-state index in [1.54, 1.807) is 0 Å². The number of para-hydroxylation sites is 1. The summed E-state index contributed by atoms with van der Waals surface area (Å²) in [7, 11) is 1.38. The zero-order valence-corrected chi connectivity index (χ0v) is 14.6. The lowest BCUT2D eigenvalue weighted by atomic mass is 9.81. The van der Waals surface area contributed by atoms with Crippen molar-refractivity contribution in [3.8, 4) is 5.75 Å². The van der Waals surface area contributed by atoms with Crippen molar-refractivity contribution in [3.05, 3.63) is 29.8 Å². The molecule has 5 heteroatoms. The molecule has 0 bridgehead atoms. The molecular formula is C19H27NO4. The van der Waals surface area contributed by atoms with Crippen molar-refractivity contribution in [2.45, 2.75) is 57.4 Å². The highest BCUT2D eigenvalue weighted by Gasteiger charge is 2.41. The molecule has 1 fully saturated rings. The molecule has 0 atom stereocenters. The van der Waals surface area contributed by atoms with Gasteiger partial charge in [-0.2, -0.15) is 0 Å². The molecule has 24 heavy (non-hydrogen) atoms. The monoisotopic (exact) mass is 333 g/mol. The van der Waals surface area contributed by atoms with Crippen LogP contribution < -0.4 is 10.1 Å². The molecule has 0 unspecified atom stereocenters. The predicted molar refractivity (Wildman–Crippen MR) is 91.9 cm³/mol. The standard InChI is InChI=1S/C19H27NO4/c1-3-24-16-10-6-5-9-15(16)11-12-17(21)20-19(18(22)23-2)13-7-4-8-14-19/h5-6,9-10H,3-4,7-8,11-14H2,1-2H3,(H,20,21). The summed E-state index contributed by atoms with van der Waals surface area (Å²) in [5.74, 6) is 0.368. The quantitative estimate of drug-likeness (QED) is 0.779. The number of amides is 1. The van der Waals surface area contributed by atoms with Crippen LogP contribution in [-0.2, 0) is 20.7 Å². The van der Waals surface area contributed by atoms with Gasteiger partial charge in [0.1, 0.15) is 11.3 Å². The Hall–Kier alpha value is -2.04. The Labute approximate surface area is 143 Å². The normalized spacial score (nSPS) is 16.2. The Bertz CT molecular complexity index is 564. The van der Waals surface area contributed by atoms with E-state index >= 15 is 0 Å². The fourth-order valence-electron chi connectivity index (χ4n) is 3.32. The van der Waals surface area contributed by atoms with Crippen LogP contribution in [0, 0.1) is 0 Å². The van der Waals surface area contributed by atoms with Crippen molar-refractivity contribution in [1.82, 2.24) is 5.32 Å². The first-order chi connectivity index (χ1) is 11.6. The molecule has 2 rings (SSSR count). The minimum Gasteiger partial charge on any atom is -0.494 e. The molecule has 1 aromatic rings. The van der Waals surface area contributed by atoms with Crippen LogP contribution >= 0.6 is 0 Å². The van der Waals surface area contributed by atoms with Gasteiger partial charge in [0, 0.05) is 6.42 Å². The molecule has 1 aliphatic rings. The number of hydrogen-bond acceptors (Lipinski definition) is 4. The number of aryl methyl sites for hydroxylation is 1. The molecule has 0 aliphatic heterocycles. The van der Waals surface area contributed by atoms with Gasteiger partial charge in [0.25, 0.3) is 0 Å². The van der Waals surface area contributed by atoms with Gasteiger partial charge in [-0.15, -0.1) is 0 Å². The summed E-state index contributed by atoms with van der Waals surface area (Å²) in [4.78, 5) is 24.6. The first-order valence-electron chi connectivity index (χ1n) is 8.71. The minimum absolute atomic E-state index is 0.117. The lowest BCUT2D eigenvalue weighted by Gasteiger charge is -2.35. The summed E-state index contributed by atoms with van der Waals surface area (Å²) in [6.45, 7) is 2.53. The Morgan fingerprint density at radius 2 is 1.88 bits per heavy atom. The molecule has 0 heterocycles. The number of hydrogen-bond donors (Lipinski definition) is 1. The highest BCUT2D eigenvalue weighted by atomic mass is 16.5. The van der Waals surface area contributed by atoms with Crippen LogP contribution in [0.3, 0.4) is 0 Å². The average Bonchev–Trinajstić information content (AvgIpc) is 2.61. The van der Waals surface area contributed by atoms with Crippen LogP contribution in [0.4, 0.5) is 0 Å². The zero-order valence-electron chi connectivity index (χ0n) is 14.6. The van der Waals surface area contributed by atoms with Gasteiger partial charge in [-0.1, -0.05) is 37.5 Å². The van der Waals surface area contributed by atoms with Crippen LogP contribution in [0.25, 0.3) is 0 Å². The number of esters is 1. The van der Waals surface area contributed by atoms with Gasteiger partial charge >= 0.3 is 5.97 Å². The molecule has 1 aliphatic carbocycles. The molecule has 0 aromatic heterocycles. The lowest BCUT2D eigenvalue weighted by Crippen LogP contribution is -2.56. The Balaban J connectivity index is 1.98. The predicted octanol–water partition coefficient (Wildman–Crippen LogP) is 3.01. The van der Waals surface area contributed by atoms with Crippen LogP contribution in [0.1, 0.15) is 51.0 Å². The Morgan fingerprint density at radius 3 is 2.54 bits per heavy atom. The van der Waals surface area contributed by atoms with E-state index in [0.29, 0.717) is 32.3 Å². The molecule has 0 radical (unpaired) electrons. The maximum Gasteiger partial charge on any atom is 0.331 e. The van der Waals surface area contributed by atoms with Crippen LogP contribution in [0.5, 0.6) is 5.75 Å². The largest absolute Gasteiger partial charge is 0.494 e. The van der Waals surface area contributed by atoms with E-state index in [2.05, 4.69) is 5.32 Å². The molecule has 0 spiro atoms. The van der Waals surface area contributed by atoms with Crippen molar-refractivity contribution in [2.75, 3.05) is 13.7 Å². The van der Waals surface area contributed by atoms with E-state index in [1.807, 2.05) is 31.2 Å². The SMILES string of the molecule is CCOc1ccccc1CCC(=O)NC1(C(=O)OC)CCCCC1. The summed E-state index contributed by atoms with van der Waals surface area (Å²) in [6.07, 6.45) is 5.17. The summed E-state index contributed by atoms with van der Waals surface area (Å²) >= 11 is 0. The second-order valence-electron chi connectivity index (χ2n) is 6.22. The Kier molecular flexibility index (Phi) is 6.64. The molecule has 1 saturated carbocycles. The molecular weight excluding hydrogens is 306 g/mol. The number of carbonyl (C=O) groups excluding carboxylic acids is 2. The van der Waals surface area contributed by atoms with Gasteiger partial charge < -0.3 is 14.8 Å². The van der Waals surface area contributed by atoms with Crippen molar-refractivity contribution in [3.63, 3.8) is 0 Å². The maximum atomic E-state index is 12.4. The maximum absolute atomic E-state index is 12.4. The molecule has 5 nitrogen and oxygen atoms in total. The van der Waals surface area contributed by atoms with E-state index in [9.17, 15) is 9.59 Å². The van der Waals surface area contributed by atoms with Gasteiger partial charge in [0.15, 0.2) is 0 Å². The number of carbonyl (C=O) groups is 2. The number of rotatable bonds is 7. The third-order valence-electron chi connectivity index (χ3n) is 4.56. The van der Waals surface area contributed by atoms with Crippen molar-refractivity contribution < 1.29 is 19.1 Å². The third-order valence-corrected chi connectivity index (χ3v) is 4.56. The van der Waals surface area contributed by atoms with Crippen LogP contribution in [0.15, 0.2) is 24.3 Å². The minimum atomic E-state index is -0.844. The number of ether oxygens (including phenoxy) is 2. The fraction of sp³-hybridized carbons (Fsp3) is 0.579. The summed E-state index contributed by atoms with van der Waals surface area (Å²) in [5, 5.41) is 2.95. The highest BCUT2D eigenvalue weighted by molar-refractivity contribution is 5.88. The van der Waals surface area contributed by atoms with E-state index in [0.717, 1.165) is 30.6 Å². The summed E-state index contributed by atoms with van der Waals surface area (Å²) in [6, 6.07) is 7.73. The van der Waals surface area contributed by atoms with E-state index in [4.69, 9.17) is 9.47 Å². The summed E-state index contributed by atoms with van der Waals surface area (Å²) < 4.78 is 10.5. The van der Waals surface area contributed by atoms with E-state index in [-0.39, 0.29) is 11.9 Å². The number of benzene rings is 1. The van der Waals surface area contributed by atoms with Gasteiger partial charge in [-0.3, -0.25) is 4.79 Å². The summed E-state index contributed by atoms with van der Waals surface area (Å²) in [5.41, 5.74) is 0.161. The molecule has 132 valence electrons. The topological polar surface area (TPSA) is 64.6 Å². The average molecular weight is 333 g/mol. The van der Waals surface area contributed by atoms with Crippen molar-refractivity contribution in [2.24, 2.45) is 0 Å². The van der Waals surface area contributed by atoms with E-state index in [1.165, 1.54) is 7.11 Å². The molecule has 1 aromatic carbocycles.